The van der Waals surface area contributed by atoms with Crippen LogP contribution in [0.5, 0.6) is 0 Å². The summed E-state index contributed by atoms with van der Waals surface area (Å²) in [5.74, 6) is 0. The first-order valence-electron chi connectivity index (χ1n) is 5.28. The molecule has 0 aromatic rings. The molecule has 0 amide bonds. The van der Waals surface area contributed by atoms with Crippen LogP contribution in [-0.2, 0) is 0 Å². The molecule has 4 heteroatoms. The number of rotatable bonds is 8. The van der Waals surface area contributed by atoms with Crippen molar-refractivity contribution in [3.05, 3.63) is 0 Å². The highest BCUT2D eigenvalue weighted by Gasteiger charge is 2.04. The van der Waals surface area contributed by atoms with Gasteiger partial charge in [0, 0.05) is 26.2 Å². The summed E-state index contributed by atoms with van der Waals surface area (Å²) in [6, 6.07) is 0. The molecule has 4 nitrogen and oxygen atoms in total. The van der Waals surface area contributed by atoms with Crippen LogP contribution in [0.3, 0.4) is 0 Å². The summed E-state index contributed by atoms with van der Waals surface area (Å²) >= 11 is 0. The second-order valence-corrected chi connectivity index (χ2v) is 4.02. The molecule has 1 unspecified atom stereocenters. The van der Waals surface area contributed by atoms with Gasteiger partial charge in [-0.2, -0.15) is 0 Å². The summed E-state index contributed by atoms with van der Waals surface area (Å²) in [4.78, 5) is 4.23. The predicted molar refractivity (Wildman–Crippen MR) is 60.6 cm³/mol. The number of hydrogen-bond donors (Lipinski definition) is 2. The molecule has 0 heterocycles. The van der Waals surface area contributed by atoms with E-state index >= 15 is 0 Å². The lowest BCUT2D eigenvalue weighted by molar-refractivity contribution is 0.134. The van der Waals surface area contributed by atoms with E-state index in [1.54, 1.807) is 0 Å². The van der Waals surface area contributed by atoms with Crippen molar-refractivity contribution < 1.29 is 5.11 Å². The van der Waals surface area contributed by atoms with Crippen LogP contribution in [0.2, 0.25) is 0 Å². The van der Waals surface area contributed by atoms with Crippen molar-refractivity contribution in [2.24, 2.45) is 0 Å². The SMILES string of the molecule is CCN(C)CCNCC(O)CN(C)C. The number of likely N-dealkylation sites (N-methyl/N-ethyl adjacent to an activating group) is 2. The Morgan fingerprint density at radius 1 is 1.29 bits per heavy atom. The third-order valence-electron chi connectivity index (χ3n) is 2.17. The molecule has 2 N–H and O–H groups in total. The Balaban J connectivity index is 3.27. The summed E-state index contributed by atoms with van der Waals surface area (Å²) in [7, 11) is 6.03. The molecular weight excluding hydrogens is 178 g/mol. The third-order valence-corrected chi connectivity index (χ3v) is 2.17. The zero-order valence-corrected chi connectivity index (χ0v) is 9.95. The maximum absolute atomic E-state index is 9.52. The fraction of sp³-hybridized carbons (Fsp3) is 1.00. The largest absolute Gasteiger partial charge is 0.390 e. The lowest BCUT2D eigenvalue weighted by Crippen LogP contribution is -2.38. The molecule has 0 saturated carbocycles. The highest BCUT2D eigenvalue weighted by atomic mass is 16.3. The Morgan fingerprint density at radius 2 is 1.93 bits per heavy atom. The van der Waals surface area contributed by atoms with Crippen LogP contribution in [0.1, 0.15) is 6.92 Å². The van der Waals surface area contributed by atoms with Gasteiger partial charge in [-0.05, 0) is 27.7 Å². The van der Waals surface area contributed by atoms with Gasteiger partial charge in [0.15, 0.2) is 0 Å². The Bertz CT molecular complexity index is 131. The molecule has 0 spiro atoms. The van der Waals surface area contributed by atoms with Gasteiger partial charge in [-0.3, -0.25) is 0 Å². The highest BCUT2D eigenvalue weighted by Crippen LogP contribution is 1.84. The highest BCUT2D eigenvalue weighted by molar-refractivity contribution is 4.62. The summed E-state index contributed by atoms with van der Waals surface area (Å²) in [6.45, 7) is 6.58. The Labute approximate surface area is 87.9 Å². The summed E-state index contributed by atoms with van der Waals surface area (Å²) in [5.41, 5.74) is 0. The van der Waals surface area contributed by atoms with Gasteiger partial charge >= 0.3 is 0 Å². The van der Waals surface area contributed by atoms with Crippen molar-refractivity contribution in [2.75, 3.05) is 53.9 Å². The number of hydrogen-bond acceptors (Lipinski definition) is 4. The fourth-order valence-electron chi connectivity index (χ4n) is 1.18. The van der Waals surface area contributed by atoms with Crippen LogP contribution in [0.15, 0.2) is 0 Å². The van der Waals surface area contributed by atoms with E-state index in [0.717, 1.165) is 26.2 Å². The van der Waals surface area contributed by atoms with E-state index in [1.807, 2.05) is 19.0 Å². The van der Waals surface area contributed by atoms with Gasteiger partial charge in [-0.1, -0.05) is 6.92 Å². The van der Waals surface area contributed by atoms with Gasteiger partial charge in [0.05, 0.1) is 6.10 Å². The zero-order chi connectivity index (χ0) is 11.0. The predicted octanol–water partition coefficient (Wildman–Crippen LogP) is -0.550. The van der Waals surface area contributed by atoms with Crippen LogP contribution >= 0.6 is 0 Å². The van der Waals surface area contributed by atoms with Gasteiger partial charge in [0.25, 0.3) is 0 Å². The second kappa shape index (κ2) is 8.17. The minimum absolute atomic E-state index is 0.267. The van der Waals surface area contributed by atoms with E-state index in [1.165, 1.54) is 0 Å². The molecular formula is C10H25N3O. The number of nitrogens with one attached hydrogen (secondary N) is 1. The third kappa shape index (κ3) is 8.44. The monoisotopic (exact) mass is 203 g/mol. The Kier molecular flexibility index (Phi) is 8.08. The minimum atomic E-state index is -0.267. The maximum atomic E-state index is 9.52. The summed E-state index contributed by atoms with van der Waals surface area (Å²) < 4.78 is 0. The topological polar surface area (TPSA) is 38.7 Å². The second-order valence-electron chi connectivity index (χ2n) is 4.02. The first-order valence-corrected chi connectivity index (χ1v) is 5.28. The Morgan fingerprint density at radius 3 is 2.43 bits per heavy atom. The molecule has 0 aromatic carbocycles. The lowest BCUT2D eigenvalue weighted by atomic mass is 10.3. The van der Waals surface area contributed by atoms with E-state index in [9.17, 15) is 5.11 Å². The Hall–Kier alpha value is -0.160. The number of nitrogens with zero attached hydrogens (tertiary/aromatic N) is 2. The van der Waals surface area contributed by atoms with E-state index < -0.39 is 0 Å². The lowest BCUT2D eigenvalue weighted by Gasteiger charge is -2.18. The maximum Gasteiger partial charge on any atom is 0.0791 e. The van der Waals surface area contributed by atoms with E-state index in [-0.39, 0.29) is 6.10 Å². The molecule has 86 valence electrons. The molecule has 0 aliphatic rings. The average Bonchev–Trinajstić information content (AvgIpc) is 2.10. The zero-order valence-electron chi connectivity index (χ0n) is 9.95. The van der Waals surface area contributed by atoms with Gasteiger partial charge in [0.2, 0.25) is 0 Å². The van der Waals surface area contributed by atoms with Crippen LogP contribution in [-0.4, -0.2) is 74.9 Å². The molecule has 0 aromatic heterocycles. The quantitative estimate of drug-likeness (QED) is 0.519. The molecule has 0 fully saturated rings. The first-order chi connectivity index (χ1) is 6.56. The molecule has 0 radical (unpaired) electrons. The van der Waals surface area contributed by atoms with Crippen molar-refractivity contribution >= 4 is 0 Å². The molecule has 0 aliphatic heterocycles. The van der Waals surface area contributed by atoms with Crippen LogP contribution < -0.4 is 5.32 Å². The minimum Gasteiger partial charge on any atom is -0.390 e. The van der Waals surface area contributed by atoms with Gasteiger partial charge < -0.3 is 20.2 Å². The van der Waals surface area contributed by atoms with Crippen LogP contribution in [0.25, 0.3) is 0 Å². The summed E-state index contributed by atoms with van der Waals surface area (Å²) in [6.07, 6.45) is -0.267. The summed E-state index contributed by atoms with van der Waals surface area (Å²) in [5, 5.41) is 12.8. The molecule has 14 heavy (non-hydrogen) atoms. The van der Waals surface area contributed by atoms with E-state index in [0.29, 0.717) is 6.54 Å². The molecule has 1 atom stereocenters. The van der Waals surface area contributed by atoms with Crippen molar-refractivity contribution in [2.45, 2.75) is 13.0 Å². The fourth-order valence-corrected chi connectivity index (χ4v) is 1.18. The molecule has 0 aliphatic carbocycles. The van der Waals surface area contributed by atoms with Gasteiger partial charge in [-0.15, -0.1) is 0 Å². The molecule has 0 rings (SSSR count). The van der Waals surface area contributed by atoms with Gasteiger partial charge in [0.1, 0.15) is 0 Å². The first kappa shape index (κ1) is 13.8. The van der Waals surface area contributed by atoms with Crippen molar-refractivity contribution in [1.29, 1.82) is 0 Å². The van der Waals surface area contributed by atoms with Gasteiger partial charge in [-0.25, -0.2) is 0 Å². The van der Waals surface area contributed by atoms with Crippen LogP contribution in [0.4, 0.5) is 0 Å². The van der Waals surface area contributed by atoms with E-state index in [4.69, 9.17) is 0 Å². The molecule has 0 saturated heterocycles. The molecule has 0 bridgehead atoms. The van der Waals surface area contributed by atoms with Crippen molar-refractivity contribution in [3.8, 4) is 0 Å². The number of aliphatic hydroxyl groups excluding tert-OH is 1. The van der Waals surface area contributed by atoms with E-state index in [2.05, 4.69) is 24.2 Å². The smallest absolute Gasteiger partial charge is 0.0791 e. The number of aliphatic hydroxyl groups is 1. The van der Waals surface area contributed by atoms with Crippen molar-refractivity contribution in [1.82, 2.24) is 15.1 Å². The van der Waals surface area contributed by atoms with Crippen LogP contribution in [0, 0.1) is 0 Å². The average molecular weight is 203 g/mol. The van der Waals surface area contributed by atoms with Crippen molar-refractivity contribution in [3.63, 3.8) is 0 Å². The normalized spacial score (nSPS) is 13.9. The standard InChI is InChI=1S/C10H25N3O/c1-5-13(4)7-6-11-8-10(14)9-12(2)3/h10-11,14H,5-9H2,1-4H3.